The van der Waals surface area contributed by atoms with E-state index in [1.165, 1.54) is 23.9 Å². The van der Waals surface area contributed by atoms with E-state index in [1.807, 2.05) is 0 Å². The summed E-state index contributed by atoms with van der Waals surface area (Å²) in [5.41, 5.74) is 2.18. The number of rotatable bonds is 5. The number of ether oxygens (including phenoxy) is 1. The second-order valence-corrected chi connectivity index (χ2v) is 6.68. The normalized spacial score (nSPS) is 12.7. The zero-order valence-corrected chi connectivity index (χ0v) is 14.4. The number of benzene rings is 2. The van der Waals surface area contributed by atoms with Gasteiger partial charge in [0.2, 0.25) is 5.91 Å². The van der Waals surface area contributed by atoms with Crippen molar-refractivity contribution in [3.05, 3.63) is 53.1 Å². The number of anilines is 1. The van der Waals surface area contributed by atoms with Crippen molar-refractivity contribution in [3.8, 4) is 5.75 Å². The van der Waals surface area contributed by atoms with Crippen molar-refractivity contribution >= 4 is 45.7 Å². The van der Waals surface area contributed by atoms with Crippen LogP contribution < -0.4 is 10.1 Å². The van der Waals surface area contributed by atoms with Crippen LogP contribution >= 0.6 is 23.4 Å². The van der Waals surface area contributed by atoms with E-state index in [0.29, 0.717) is 22.8 Å². The molecular weight excluding hydrogens is 370 g/mol. The fourth-order valence-electron chi connectivity index (χ4n) is 2.27. The average Bonchev–Trinajstić information content (AvgIpc) is 2.97. The maximum atomic E-state index is 12.2. The summed E-state index contributed by atoms with van der Waals surface area (Å²) in [6, 6.07) is 11.5. The third-order valence-corrected chi connectivity index (χ3v) is 4.59. The zero-order valence-electron chi connectivity index (χ0n) is 12.8. The van der Waals surface area contributed by atoms with Crippen molar-refractivity contribution in [1.82, 2.24) is 0 Å². The maximum absolute atomic E-state index is 12.2. The topological polar surface area (TPSA) is 50.7 Å². The van der Waals surface area contributed by atoms with Crippen LogP contribution in [0.25, 0.3) is 0 Å². The van der Waals surface area contributed by atoms with Crippen molar-refractivity contribution in [1.29, 1.82) is 0 Å². The van der Waals surface area contributed by atoms with Crippen LogP contribution in [0.15, 0.2) is 47.5 Å². The van der Waals surface area contributed by atoms with E-state index in [1.54, 1.807) is 30.3 Å². The van der Waals surface area contributed by atoms with Gasteiger partial charge in [-0.3, -0.25) is 4.79 Å². The number of carbonyl (C=O) groups is 1. The predicted octanol–water partition coefficient (Wildman–Crippen LogP) is 4.90. The Balaban J connectivity index is 1.54. The first kappa shape index (κ1) is 17.7. The van der Waals surface area contributed by atoms with Crippen LogP contribution in [0, 0.1) is 0 Å². The molecule has 0 saturated heterocycles. The molecule has 1 aliphatic rings. The van der Waals surface area contributed by atoms with Crippen LogP contribution in [-0.2, 0) is 11.2 Å². The summed E-state index contributed by atoms with van der Waals surface area (Å²) in [6.07, 6.45) is 0.573. The number of hydrogen-bond acceptors (Lipinski definition) is 4. The summed E-state index contributed by atoms with van der Waals surface area (Å²) < 4.78 is 28.9. The van der Waals surface area contributed by atoms with Gasteiger partial charge in [-0.25, -0.2) is 4.99 Å². The molecule has 1 amide bonds. The Morgan fingerprint density at radius 3 is 2.76 bits per heavy atom. The third kappa shape index (κ3) is 4.93. The molecule has 0 bridgehead atoms. The molecule has 0 spiro atoms. The van der Waals surface area contributed by atoms with Crippen LogP contribution in [0.4, 0.5) is 20.2 Å². The minimum absolute atomic E-state index is 0.0734. The van der Waals surface area contributed by atoms with Gasteiger partial charge < -0.3 is 10.1 Å². The van der Waals surface area contributed by atoms with Gasteiger partial charge in [0.1, 0.15) is 5.75 Å². The van der Waals surface area contributed by atoms with Gasteiger partial charge in [-0.15, -0.1) is 11.8 Å². The number of aliphatic imine (C=N–C) groups is 1. The molecule has 4 nitrogen and oxygen atoms in total. The minimum atomic E-state index is -2.87. The van der Waals surface area contributed by atoms with Crippen molar-refractivity contribution < 1.29 is 18.3 Å². The van der Waals surface area contributed by atoms with Gasteiger partial charge in [-0.2, -0.15) is 8.78 Å². The lowest BCUT2D eigenvalue weighted by atomic mass is 10.1. The van der Waals surface area contributed by atoms with Gasteiger partial charge in [-0.05, 0) is 35.9 Å². The van der Waals surface area contributed by atoms with E-state index in [4.69, 9.17) is 11.6 Å². The molecule has 0 unspecified atom stereocenters. The molecule has 2 aromatic carbocycles. The molecule has 1 heterocycles. The SMILES string of the molecule is O=C(CSC1=Nc2cc(OC(F)F)ccc2C1)Nc1ccc(Cl)cc1. The highest BCUT2D eigenvalue weighted by Crippen LogP contribution is 2.33. The first-order chi connectivity index (χ1) is 12.0. The Morgan fingerprint density at radius 2 is 2.04 bits per heavy atom. The van der Waals surface area contributed by atoms with Gasteiger partial charge in [0, 0.05) is 23.2 Å². The molecule has 2 aromatic rings. The van der Waals surface area contributed by atoms with E-state index >= 15 is 0 Å². The average molecular weight is 383 g/mol. The quantitative estimate of drug-likeness (QED) is 0.800. The van der Waals surface area contributed by atoms with E-state index in [9.17, 15) is 13.6 Å². The maximum Gasteiger partial charge on any atom is 0.387 e. The number of alkyl halides is 2. The predicted molar refractivity (Wildman–Crippen MR) is 96.4 cm³/mol. The number of nitrogens with zero attached hydrogens (tertiary/aromatic N) is 1. The zero-order chi connectivity index (χ0) is 17.8. The number of carbonyl (C=O) groups excluding carboxylic acids is 1. The van der Waals surface area contributed by atoms with Gasteiger partial charge in [0.05, 0.1) is 16.5 Å². The molecule has 8 heteroatoms. The lowest BCUT2D eigenvalue weighted by Gasteiger charge is -2.05. The molecule has 0 radical (unpaired) electrons. The number of amides is 1. The van der Waals surface area contributed by atoms with E-state index in [-0.39, 0.29) is 17.4 Å². The highest BCUT2D eigenvalue weighted by molar-refractivity contribution is 8.14. The number of halogens is 3. The summed E-state index contributed by atoms with van der Waals surface area (Å²) in [7, 11) is 0. The lowest BCUT2D eigenvalue weighted by Crippen LogP contribution is -2.15. The second kappa shape index (κ2) is 7.84. The Kier molecular flexibility index (Phi) is 5.55. The molecule has 130 valence electrons. The first-order valence-electron chi connectivity index (χ1n) is 7.33. The van der Waals surface area contributed by atoms with Crippen LogP contribution in [0.3, 0.4) is 0 Å². The van der Waals surface area contributed by atoms with Crippen LogP contribution in [0.5, 0.6) is 5.75 Å². The molecule has 0 atom stereocenters. The van der Waals surface area contributed by atoms with Crippen molar-refractivity contribution in [2.24, 2.45) is 4.99 Å². The second-order valence-electron chi connectivity index (χ2n) is 5.20. The monoisotopic (exact) mass is 382 g/mol. The Hall–Kier alpha value is -2.12. The third-order valence-electron chi connectivity index (χ3n) is 3.37. The number of hydrogen-bond donors (Lipinski definition) is 1. The van der Waals surface area contributed by atoms with Gasteiger partial charge >= 0.3 is 6.61 Å². The van der Waals surface area contributed by atoms with Crippen molar-refractivity contribution in [3.63, 3.8) is 0 Å². The summed E-state index contributed by atoms with van der Waals surface area (Å²) in [4.78, 5) is 16.3. The minimum Gasteiger partial charge on any atom is -0.435 e. The van der Waals surface area contributed by atoms with E-state index in [0.717, 1.165) is 10.6 Å². The molecule has 1 N–H and O–H groups in total. The van der Waals surface area contributed by atoms with Crippen molar-refractivity contribution in [2.45, 2.75) is 13.0 Å². The summed E-state index contributed by atoms with van der Waals surface area (Å²) in [5, 5.41) is 4.13. The van der Waals surface area contributed by atoms with Crippen LogP contribution in [0.2, 0.25) is 5.02 Å². The van der Waals surface area contributed by atoms with Crippen LogP contribution in [-0.4, -0.2) is 23.3 Å². The molecule has 25 heavy (non-hydrogen) atoms. The summed E-state index contributed by atoms with van der Waals surface area (Å²) in [5.74, 6) is 0.118. The molecule has 0 saturated carbocycles. The van der Waals surface area contributed by atoms with E-state index in [2.05, 4.69) is 15.0 Å². The molecule has 1 aliphatic heterocycles. The fourth-order valence-corrected chi connectivity index (χ4v) is 3.19. The number of nitrogens with one attached hydrogen (secondary N) is 1. The first-order valence-corrected chi connectivity index (χ1v) is 8.69. The number of fused-ring (bicyclic) bond motifs is 1. The Labute approximate surface area is 152 Å². The largest absolute Gasteiger partial charge is 0.435 e. The van der Waals surface area contributed by atoms with Crippen LogP contribution in [0.1, 0.15) is 5.56 Å². The van der Waals surface area contributed by atoms with Gasteiger partial charge in [0.25, 0.3) is 0 Å². The fraction of sp³-hybridized carbons (Fsp3) is 0.176. The van der Waals surface area contributed by atoms with Gasteiger partial charge in [-0.1, -0.05) is 17.7 Å². The molecule has 0 aromatic heterocycles. The van der Waals surface area contributed by atoms with E-state index < -0.39 is 6.61 Å². The Morgan fingerprint density at radius 1 is 1.28 bits per heavy atom. The molecule has 0 fully saturated rings. The smallest absolute Gasteiger partial charge is 0.387 e. The summed E-state index contributed by atoms with van der Waals surface area (Å²) >= 11 is 7.11. The van der Waals surface area contributed by atoms with Gasteiger partial charge in [0.15, 0.2) is 0 Å². The van der Waals surface area contributed by atoms with Crippen molar-refractivity contribution in [2.75, 3.05) is 11.1 Å². The highest BCUT2D eigenvalue weighted by atomic mass is 35.5. The molecule has 0 aliphatic carbocycles. The molecular formula is C17H13ClF2N2O2S. The number of thioether (sulfide) groups is 1. The lowest BCUT2D eigenvalue weighted by molar-refractivity contribution is -0.113. The molecule has 3 rings (SSSR count). The summed E-state index contributed by atoms with van der Waals surface area (Å²) in [6.45, 7) is -2.87. The Bertz CT molecular complexity index is 813. The highest BCUT2D eigenvalue weighted by Gasteiger charge is 2.17. The standard InChI is InChI=1S/C17H13ClF2N2O2S/c18-11-2-4-12(5-3-11)21-15(23)9-25-16-7-10-1-6-13(24-17(19)20)8-14(10)22-16/h1-6,8,17H,7,9H2,(H,21,23).